The van der Waals surface area contributed by atoms with E-state index >= 15 is 0 Å². The summed E-state index contributed by atoms with van der Waals surface area (Å²) in [7, 11) is 6.24. The van der Waals surface area contributed by atoms with Crippen LogP contribution in [0.4, 0.5) is 0 Å². The molecule has 0 N–H and O–H groups in total. The van der Waals surface area contributed by atoms with Gasteiger partial charge in [0.25, 0.3) is 0 Å². The molecule has 26 heavy (non-hydrogen) atoms. The first-order valence-corrected chi connectivity index (χ1v) is 8.78. The molecule has 0 radical (unpaired) electrons. The van der Waals surface area contributed by atoms with E-state index in [1.807, 2.05) is 37.6 Å². The van der Waals surface area contributed by atoms with Gasteiger partial charge in [-0.25, -0.2) is 9.97 Å². The van der Waals surface area contributed by atoms with E-state index in [0.717, 1.165) is 35.8 Å². The molecule has 0 saturated carbocycles. The maximum atomic E-state index is 4.80. The third-order valence-corrected chi connectivity index (χ3v) is 4.65. The van der Waals surface area contributed by atoms with Crippen LogP contribution in [-0.4, -0.2) is 38.1 Å². The van der Waals surface area contributed by atoms with Gasteiger partial charge < -0.3 is 14.0 Å². The van der Waals surface area contributed by atoms with Gasteiger partial charge in [0.15, 0.2) is 11.6 Å². The van der Waals surface area contributed by atoms with Crippen LogP contribution in [0.3, 0.4) is 0 Å². The molecule has 0 aliphatic carbocycles. The number of hydrogen-bond acceptors (Lipinski definition) is 3. The molecule has 0 amide bonds. The molecule has 4 rings (SSSR count). The summed E-state index contributed by atoms with van der Waals surface area (Å²) in [6, 6.07) is 16.8. The maximum Gasteiger partial charge on any atom is 0.177 e. The quantitative estimate of drug-likeness (QED) is 0.555. The minimum absolute atomic E-state index is 0.780. The molecule has 132 valence electrons. The highest BCUT2D eigenvalue weighted by Gasteiger charge is 2.15. The summed E-state index contributed by atoms with van der Waals surface area (Å²) in [5.41, 5.74) is 4.75. The second kappa shape index (κ2) is 6.77. The van der Waals surface area contributed by atoms with Crippen molar-refractivity contribution >= 4 is 11.0 Å². The van der Waals surface area contributed by atoms with E-state index in [4.69, 9.17) is 4.98 Å². The van der Waals surface area contributed by atoms with Crippen molar-refractivity contribution in [2.75, 3.05) is 14.1 Å². The van der Waals surface area contributed by atoms with Gasteiger partial charge in [-0.05, 0) is 37.4 Å². The van der Waals surface area contributed by atoms with E-state index in [0.29, 0.717) is 0 Å². The third kappa shape index (κ3) is 3.02. The molecule has 2 heterocycles. The van der Waals surface area contributed by atoms with Gasteiger partial charge in [0.1, 0.15) is 0 Å². The van der Waals surface area contributed by atoms with Crippen LogP contribution in [0.15, 0.2) is 60.9 Å². The first-order valence-electron chi connectivity index (χ1n) is 8.78. The fourth-order valence-corrected chi connectivity index (χ4v) is 3.38. The summed E-state index contributed by atoms with van der Waals surface area (Å²) in [6.07, 6.45) is 3.88. The Morgan fingerprint density at radius 2 is 1.65 bits per heavy atom. The zero-order chi connectivity index (χ0) is 18.1. The first-order chi connectivity index (χ1) is 12.6. The number of aryl methyl sites for hydroxylation is 1. The Bertz CT molecular complexity index is 1040. The van der Waals surface area contributed by atoms with Crippen molar-refractivity contribution in [2.45, 2.75) is 13.1 Å². The summed E-state index contributed by atoms with van der Waals surface area (Å²) >= 11 is 0. The molecule has 4 aromatic rings. The third-order valence-electron chi connectivity index (χ3n) is 4.65. The highest BCUT2D eigenvalue weighted by atomic mass is 15.2. The van der Waals surface area contributed by atoms with Crippen molar-refractivity contribution < 1.29 is 0 Å². The fraction of sp³-hybridized carbons (Fsp3) is 0.238. The molecular weight excluding hydrogens is 322 g/mol. The highest BCUT2D eigenvalue weighted by Crippen LogP contribution is 2.23. The van der Waals surface area contributed by atoms with Crippen LogP contribution in [0.1, 0.15) is 11.1 Å². The maximum absolute atomic E-state index is 4.80. The lowest BCUT2D eigenvalue weighted by Crippen LogP contribution is -2.13. The molecule has 0 atom stereocenters. The highest BCUT2D eigenvalue weighted by molar-refractivity contribution is 5.79. The number of benzene rings is 2. The molecule has 2 aromatic carbocycles. The number of nitrogens with zero attached hydrogens (tertiary/aromatic N) is 5. The molecule has 2 aromatic heterocycles. The van der Waals surface area contributed by atoms with Crippen LogP contribution in [0.5, 0.6) is 0 Å². The van der Waals surface area contributed by atoms with Gasteiger partial charge in [-0.1, -0.05) is 36.4 Å². The predicted octanol–water partition coefficient (Wildman–Crippen LogP) is 3.55. The minimum Gasteiger partial charge on any atom is -0.324 e. The number of fused-ring (bicyclic) bond motifs is 1. The smallest absolute Gasteiger partial charge is 0.177 e. The number of aromatic nitrogens is 4. The average Bonchev–Trinajstić information content (AvgIpc) is 3.21. The molecule has 5 nitrogen and oxygen atoms in total. The molecule has 0 saturated heterocycles. The van der Waals surface area contributed by atoms with Crippen LogP contribution in [0.25, 0.3) is 22.7 Å². The normalized spacial score (nSPS) is 11.5. The van der Waals surface area contributed by atoms with Crippen LogP contribution >= 0.6 is 0 Å². The summed E-state index contributed by atoms with van der Waals surface area (Å²) in [5, 5.41) is 0. The van der Waals surface area contributed by atoms with Crippen molar-refractivity contribution in [3.05, 3.63) is 72.1 Å². The van der Waals surface area contributed by atoms with E-state index < -0.39 is 0 Å². The van der Waals surface area contributed by atoms with Crippen molar-refractivity contribution in [1.29, 1.82) is 0 Å². The average molecular weight is 345 g/mol. The molecule has 0 aliphatic heterocycles. The second-order valence-corrected chi connectivity index (χ2v) is 6.87. The van der Waals surface area contributed by atoms with E-state index in [1.165, 1.54) is 11.1 Å². The Morgan fingerprint density at radius 3 is 2.42 bits per heavy atom. The number of hydrogen-bond donors (Lipinski definition) is 0. The molecule has 5 heteroatoms. The summed E-state index contributed by atoms with van der Waals surface area (Å²) in [5.74, 6) is 1.78. The van der Waals surface area contributed by atoms with E-state index in [1.54, 1.807) is 0 Å². The Morgan fingerprint density at radius 1 is 0.923 bits per heavy atom. The van der Waals surface area contributed by atoms with E-state index in [2.05, 4.69) is 63.4 Å². The van der Waals surface area contributed by atoms with Crippen molar-refractivity contribution in [2.24, 2.45) is 7.05 Å². The van der Waals surface area contributed by atoms with Gasteiger partial charge in [-0.15, -0.1) is 0 Å². The zero-order valence-corrected chi connectivity index (χ0v) is 15.4. The van der Waals surface area contributed by atoms with Gasteiger partial charge in [0.2, 0.25) is 0 Å². The molecule has 0 spiro atoms. The van der Waals surface area contributed by atoms with Gasteiger partial charge in [0.05, 0.1) is 11.0 Å². The predicted molar refractivity (Wildman–Crippen MR) is 105 cm³/mol. The van der Waals surface area contributed by atoms with Crippen LogP contribution < -0.4 is 0 Å². The molecule has 0 fully saturated rings. The monoisotopic (exact) mass is 345 g/mol. The lowest BCUT2D eigenvalue weighted by atomic mass is 10.1. The van der Waals surface area contributed by atoms with Crippen LogP contribution in [0.2, 0.25) is 0 Å². The number of imidazole rings is 2. The number of rotatable bonds is 5. The van der Waals surface area contributed by atoms with E-state index in [-0.39, 0.29) is 0 Å². The molecule has 0 bridgehead atoms. The summed E-state index contributed by atoms with van der Waals surface area (Å²) in [6.45, 7) is 1.70. The van der Waals surface area contributed by atoms with Gasteiger partial charge in [0, 0.05) is 32.5 Å². The zero-order valence-electron chi connectivity index (χ0n) is 15.4. The Labute approximate surface area is 153 Å². The van der Waals surface area contributed by atoms with Crippen LogP contribution in [0, 0.1) is 0 Å². The van der Waals surface area contributed by atoms with E-state index in [9.17, 15) is 0 Å². The number of para-hydroxylation sites is 2. The van der Waals surface area contributed by atoms with Crippen LogP contribution in [-0.2, 0) is 20.1 Å². The largest absolute Gasteiger partial charge is 0.324 e. The SMILES string of the molecule is CN(C)Cc1ccccc1Cn1ccnc1-c1nc2ccccc2n1C. The Balaban J connectivity index is 1.73. The van der Waals surface area contributed by atoms with Crippen molar-refractivity contribution in [3.63, 3.8) is 0 Å². The molecule has 0 unspecified atom stereocenters. The fourth-order valence-electron chi connectivity index (χ4n) is 3.38. The molecular formula is C21H23N5. The van der Waals surface area contributed by atoms with Gasteiger partial charge in [-0.3, -0.25) is 0 Å². The Kier molecular flexibility index (Phi) is 4.31. The Hall–Kier alpha value is -2.92. The first kappa shape index (κ1) is 16.5. The molecule has 0 aliphatic rings. The van der Waals surface area contributed by atoms with Crippen molar-refractivity contribution in [1.82, 2.24) is 24.0 Å². The standard InChI is InChI=1S/C21H23N5/c1-24(2)14-16-8-4-5-9-17(16)15-26-13-12-22-20(26)21-23-18-10-6-7-11-19(18)25(21)3/h4-13H,14-15H2,1-3H3. The second-order valence-electron chi connectivity index (χ2n) is 6.87. The topological polar surface area (TPSA) is 38.9 Å². The van der Waals surface area contributed by atoms with Gasteiger partial charge in [-0.2, -0.15) is 0 Å². The lowest BCUT2D eigenvalue weighted by molar-refractivity contribution is 0.400. The van der Waals surface area contributed by atoms with Gasteiger partial charge >= 0.3 is 0 Å². The minimum atomic E-state index is 0.780. The lowest BCUT2D eigenvalue weighted by Gasteiger charge is -2.15. The summed E-state index contributed by atoms with van der Waals surface area (Å²) in [4.78, 5) is 11.6. The van der Waals surface area contributed by atoms with Crippen molar-refractivity contribution in [3.8, 4) is 11.6 Å². The summed E-state index contributed by atoms with van der Waals surface area (Å²) < 4.78 is 4.29.